The third-order valence-corrected chi connectivity index (χ3v) is 4.13. The highest BCUT2D eigenvalue weighted by Crippen LogP contribution is 2.30. The van der Waals surface area contributed by atoms with E-state index < -0.39 is 0 Å². The maximum Gasteiger partial charge on any atom is 0.127 e. The summed E-state index contributed by atoms with van der Waals surface area (Å²) in [5, 5.41) is 9.43. The van der Waals surface area contributed by atoms with Crippen LogP contribution in [-0.4, -0.2) is 11.7 Å². The number of rotatable bonds is 11. The van der Waals surface area contributed by atoms with Crippen molar-refractivity contribution < 1.29 is 9.84 Å². The Labute approximate surface area is 145 Å². The molecule has 0 unspecified atom stereocenters. The van der Waals surface area contributed by atoms with Gasteiger partial charge in [0.1, 0.15) is 11.5 Å². The zero-order valence-electron chi connectivity index (χ0n) is 14.4. The molecule has 1 N–H and O–H groups in total. The molecule has 0 aliphatic heterocycles. The Bertz CT molecular complexity index is 602. The number of phenolic OH excluding ortho intramolecular Hbond substituents is 1. The van der Waals surface area contributed by atoms with E-state index >= 15 is 0 Å². The Kier molecular flexibility index (Phi) is 7.96. The zero-order valence-corrected chi connectivity index (χ0v) is 14.4. The molecule has 0 spiro atoms. The monoisotopic (exact) mass is 324 g/mol. The highest BCUT2D eigenvalue weighted by molar-refractivity contribution is 5.70. The normalized spacial score (nSPS) is 10.5. The van der Waals surface area contributed by atoms with Crippen LogP contribution in [-0.2, 0) is 0 Å². The number of hydrogen-bond donors (Lipinski definition) is 1. The highest BCUT2D eigenvalue weighted by Gasteiger charge is 2.05. The molecular weight excluding hydrogens is 296 g/mol. The largest absolute Gasteiger partial charge is 0.508 e. The van der Waals surface area contributed by atoms with Crippen LogP contribution < -0.4 is 4.74 Å². The molecule has 2 rings (SSSR count). The van der Waals surface area contributed by atoms with E-state index in [1.165, 1.54) is 32.1 Å². The minimum absolute atomic E-state index is 0.283. The molecule has 0 heterocycles. The zero-order chi connectivity index (χ0) is 17.0. The second-order valence-electron chi connectivity index (χ2n) is 6.09. The van der Waals surface area contributed by atoms with Crippen LogP contribution in [0.25, 0.3) is 11.1 Å². The fraction of sp³-hybridized carbons (Fsp3) is 0.364. The third kappa shape index (κ3) is 6.11. The van der Waals surface area contributed by atoms with Crippen LogP contribution in [0.5, 0.6) is 11.5 Å². The molecule has 0 aliphatic rings. The van der Waals surface area contributed by atoms with E-state index in [9.17, 15) is 5.11 Å². The van der Waals surface area contributed by atoms with Gasteiger partial charge in [-0.2, -0.15) is 0 Å². The Morgan fingerprint density at radius 3 is 2.25 bits per heavy atom. The molecule has 0 aliphatic carbocycles. The number of hydrogen-bond acceptors (Lipinski definition) is 2. The molecule has 0 radical (unpaired) electrons. The number of allylic oxidation sites excluding steroid dienone is 1. The van der Waals surface area contributed by atoms with Gasteiger partial charge < -0.3 is 9.84 Å². The van der Waals surface area contributed by atoms with Gasteiger partial charge in [0.15, 0.2) is 0 Å². The molecule has 0 saturated carbocycles. The van der Waals surface area contributed by atoms with Crippen molar-refractivity contribution in [3.05, 3.63) is 61.2 Å². The summed E-state index contributed by atoms with van der Waals surface area (Å²) in [6, 6.07) is 15.3. The van der Waals surface area contributed by atoms with Gasteiger partial charge in [-0.05, 0) is 43.0 Å². The maximum absolute atomic E-state index is 9.43. The summed E-state index contributed by atoms with van der Waals surface area (Å²) < 4.78 is 5.99. The molecule has 2 aromatic carbocycles. The Hall–Kier alpha value is -2.22. The standard InChI is InChI=1S/C22H28O2/c1-2-3-4-5-6-7-8-11-18-24-22-13-10-9-12-21(22)19-14-16-20(23)17-15-19/h2,9-10,12-17,23H,1,3-8,11,18H2. The van der Waals surface area contributed by atoms with Crippen LogP contribution in [0.1, 0.15) is 44.9 Å². The first kappa shape index (κ1) is 18.1. The first-order valence-corrected chi connectivity index (χ1v) is 8.93. The molecule has 0 bridgehead atoms. The maximum atomic E-state index is 9.43. The van der Waals surface area contributed by atoms with E-state index in [-0.39, 0.29) is 5.75 Å². The lowest BCUT2D eigenvalue weighted by Gasteiger charge is -2.11. The summed E-state index contributed by atoms with van der Waals surface area (Å²) in [6.07, 6.45) is 10.6. The van der Waals surface area contributed by atoms with Gasteiger partial charge in [0.05, 0.1) is 6.61 Å². The molecule has 0 fully saturated rings. The van der Waals surface area contributed by atoms with Crippen molar-refractivity contribution in [3.63, 3.8) is 0 Å². The topological polar surface area (TPSA) is 29.5 Å². The molecule has 0 aromatic heterocycles. The van der Waals surface area contributed by atoms with Gasteiger partial charge in [0.25, 0.3) is 0 Å². The van der Waals surface area contributed by atoms with Crippen molar-refractivity contribution in [2.75, 3.05) is 6.61 Å². The number of unbranched alkanes of at least 4 members (excludes halogenated alkanes) is 6. The van der Waals surface area contributed by atoms with Crippen LogP contribution in [0, 0.1) is 0 Å². The van der Waals surface area contributed by atoms with Gasteiger partial charge in [-0.1, -0.05) is 62.1 Å². The lowest BCUT2D eigenvalue weighted by molar-refractivity contribution is 0.305. The van der Waals surface area contributed by atoms with E-state index in [4.69, 9.17) is 4.74 Å². The Balaban J connectivity index is 1.75. The Morgan fingerprint density at radius 1 is 0.833 bits per heavy atom. The van der Waals surface area contributed by atoms with Gasteiger partial charge in [-0.15, -0.1) is 6.58 Å². The predicted molar refractivity (Wildman–Crippen MR) is 102 cm³/mol. The minimum Gasteiger partial charge on any atom is -0.508 e. The summed E-state index contributed by atoms with van der Waals surface area (Å²) in [4.78, 5) is 0. The molecule has 2 aromatic rings. The van der Waals surface area contributed by atoms with E-state index in [2.05, 4.69) is 12.6 Å². The summed E-state index contributed by atoms with van der Waals surface area (Å²) in [6.45, 7) is 4.50. The summed E-state index contributed by atoms with van der Waals surface area (Å²) in [5.74, 6) is 1.19. The van der Waals surface area contributed by atoms with Crippen molar-refractivity contribution in [1.82, 2.24) is 0 Å². The van der Waals surface area contributed by atoms with Gasteiger partial charge >= 0.3 is 0 Å². The van der Waals surface area contributed by atoms with Crippen molar-refractivity contribution in [1.29, 1.82) is 0 Å². The molecule has 0 amide bonds. The summed E-state index contributed by atoms with van der Waals surface area (Å²) >= 11 is 0. The van der Waals surface area contributed by atoms with Crippen molar-refractivity contribution in [3.8, 4) is 22.6 Å². The lowest BCUT2D eigenvalue weighted by atomic mass is 10.0. The van der Waals surface area contributed by atoms with Crippen LogP contribution in [0.15, 0.2) is 61.2 Å². The van der Waals surface area contributed by atoms with Crippen molar-refractivity contribution in [2.45, 2.75) is 44.9 Å². The smallest absolute Gasteiger partial charge is 0.127 e. The average molecular weight is 324 g/mol. The third-order valence-electron chi connectivity index (χ3n) is 4.13. The van der Waals surface area contributed by atoms with Crippen LogP contribution in [0.4, 0.5) is 0 Å². The molecule has 2 nitrogen and oxygen atoms in total. The fourth-order valence-corrected chi connectivity index (χ4v) is 2.75. The van der Waals surface area contributed by atoms with Crippen LogP contribution >= 0.6 is 0 Å². The van der Waals surface area contributed by atoms with Gasteiger partial charge in [0, 0.05) is 5.56 Å². The van der Waals surface area contributed by atoms with Gasteiger partial charge in [-0.3, -0.25) is 0 Å². The summed E-state index contributed by atoms with van der Waals surface area (Å²) in [5.41, 5.74) is 2.13. The molecule has 0 atom stereocenters. The minimum atomic E-state index is 0.283. The van der Waals surface area contributed by atoms with E-state index in [0.717, 1.165) is 36.3 Å². The second kappa shape index (κ2) is 10.5. The van der Waals surface area contributed by atoms with Gasteiger partial charge in [0.2, 0.25) is 0 Å². The van der Waals surface area contributed by atoms with Crippen LogP contribution in [0.3, 0.4) is 0 Å². The van der Waals surface area contributed by atoms with E-state index in [1.807, 2.05) is 36.4 Å². The summed E-state index contributed by atoms with van der Waals surface area (Å²) in [7, 11) is 0. The lowest BCUT2D eigenvalue weighted by Crippen LogP contribution is -1.98. The Morgan fingerprint density at radius 2 is 1.50 bits per heavy atom. The first-order valence-electron chi connectivity index (χ1n) is 8.93. The number of benzene rings is 2. The van der Waals surface area contributed by atoms with Crippen molar-refractivity contribution in [2.24, 2.45) is 0 Å². The van der Waals surface area contributed by atoms with E-state index in [0.29, 0.717) is 0 Å². The van der Waals surface area contributed by atoms with Gasteiger partial charge in [-0.25, -0.2) is 0 Å². The van der Waals surface area contributed by atoms with E-state index in [1.54, 1.807) is 12.1 Å². The molecule has 24 heavy (non-hydrogen) atoms. The fourth-order valence-electron chi connectivity index (χ4n) is 2.75. The number of para-hydroxylation sites is 1. The molecule has 128 valence electrons. The SMILES string of the molecule is C=CCCCCCCCCOc1ccccc1-c1ccc(O)cc1. The van der Waals surface area contributed by atoms with Crippen molar-refractivity contribution >= 4 is 0 Å². The number of aromatic hydroxyl groups is 1. The molecule has 0 saturated heterocycles. The quantitative estimate of drug-likeness (QED) is 0.385. The first-order chi connectivity index (χ1) is 11.8. The molecule has 2 heteroatoms. The predicted octanol–water partition coefficient (Wildman–Crippen LogP) is 6.35. The molecular formula is C22H28O2. The second-order valence-corrected chi connectivity index (χ2v) is 6.09. The average Bonchev–Trinajstić information content (AvgIpc) is 2.61. The highest BCUT2D eigenvalue weighted by atomic mass is 16.5. The number of ether oxygens (including phenoxy) is 1. The number of phenols is 1. The van der Waals surface area contributed by atoms with Crippen LogP contribution in [0.2, 0.25) is 0 Å².